The fourth-order valence-corrected chi connectivity index (χ4v) is 2.71. The van der Waals surface area contributed by atoms with Gasteiger partial charge >= 0.3 is 5.97 Å². The number of anilines is 2. The van der Waals surface area contributed by atoms with Crippen LogP contribution in [0.3, 0.4) is 0 Å². The Hall–Kier alpha value is -3.06. The van der Waals surface area contributed by atoms with E-state index in [-0.39, 0.29) is 10.7 Å². The number of nitrogens with one attached hydrogen (secondary N) is 1. The van der Waals surface area contributed by atoms with Crippen LogP contribution in [0, 0.1) is 13.8 Å². The third-order valence-corrected chi connectivity index (χ3v) is 3.90. The van der Waals surface area contributed by atoms with Crippen LogP contribution in [0.4, 0.5) is 11.6 Å². The van der Waals surface area contributed by atoms with Crippen molar-refractivity contribution in [3.05, 3.63) is 58.9 Å². The molecule has 2 N–H and O–H groups in total. The topological polar surface area (TPSA) is 101 Å². The summed E-state index contributed by atoms with van der Waals surface area (Å²) in [6.45, 7) is 3.50. The first-order valence-corrected chi connectivity index (χ1v) is 7.75. The Labute approximate surface area is 148 Å². The summed E-state index contributed by atoms with van der Waals surface area (Å²) in [5.74, 6) is 0.724. The van der Waals surface area contributed by atoms with E-state index in [1.54, 1.807) is 50.6 Å². The molecule has 0 fully saturated rings. The maximum absolute atomic E-state index is 11.4. The number of hydrogen-bond donors (Lipinski definition) is 2. The highest BCUT2D eigenvalue weighted by Gasteiger charge is 2.17. The smallest absolute Gasteiger partial charge is 0.339 e. The zero-order valence-electron chi connectivity index (χ0n) is 13.5. The first-order chi connectivity index (χ1) is 12.0. The van der Waals surface area contributed by atoms with Crippen LogP contribution in [-0.2, 0) is 0 Å². The number of carboxylic acids is 1. The maximum Gasteiger partial charge on any atom is 0.339 e. The number of carboxylic acid groups (broad SMARTS) is 1. The molecule has 25 heavy (non-hydrogen) atoms. The molecule has 8 heteroatoms. The highest BCUT2D eigenvalue weighted by Crippen LogP contribution is 2.29. The lowest BCUT2D eigenvalue weighted by molar-refractivity contribution is 0.0696. The minimum Gasteiger partial charge on any atom is -0.478 e. The van der Waals surface area contributed by atoms with E-state index in [1.165, 1.54) is 0 Å². The van der Waals surface area contributed by atoms with Crippen LogP contribution in [0.15, 0.2) is 36.8 Å². The SMILES string of the molecule is Cc1nccc(Nc2cc(-c3cnc(Cl)c(C(=O)O)c3C)ccn2)n1. The number of rotatable bonds is 4. The Morgan fingerprint density at radius 1 is 1.12 bits per heavy atom. The molecule has 0 atom stereocenters. The molecule has 0 radical (unpaired) electrons. The Kier molecular flexibility index (Phi) is 4.58. The van der Waals surface area contributed by atoms with Gasteiger partial charge in [0.2, 0.25) is 0 Å². The molecule has 0 spiro atoms. The molecule has 3 aromatic rings. The van der Waals surface area contributed by atoms with Crippen LogP contribution in [-0.4, -0.2) is 31.0 Å². The van der Waals surface area contributed by atoms with Crippen LogP contribution >= 0.6 is 11.6 Å². The number of aryl methyl sites for hydroxylation is 1. The Morgan fingerprint density at radius 2 is 1.88 bits per heavy atom. The van der Waals surface area contributed by atoms with Crippen molar-refractivity contribution in [3.63, 3.8) is 0 Å². The molecule has 0 amide bonds. The van der Waals surface area contributed by atoms with Gasteiger partial charge in [-0.2, -0.15) is 0 Å². The number of pyridine rings is 2. The van der Waals surface area contributed by atoms with E-state index in [9.17, 15) is 9.90 Å². The van der Waals surface area contributed by atoms with Crippen LogP contribution in [0.2, 0.25) is 5.15 Å². The molecule has 3 aromatic heterocycles. The van der Waals surface area contributed by atoms with Crippen molar-refractivity contribution in [1.29, 1.82) is 0 Å². The van der Waals surface area contributed by atoms with Gasteiger partial charge in [0.1, 0.15) is 28.2 Å². The summed E-state index contributed by atoms with van der Waals surface area (Å²) < 4.78 is 0. The van der Waals surface area contributed by atoms with Crippen molar-refractivity contribution < 1.29 is 9.90 Å². The molecule has 3 heterocycles. The van der Waals surface area contributed by atoms with Crippen LogP contribution in [0.5, 0.6) is 0 Å². The average molecular weight is 356 g/mol. The largest absolute Gasteiger partial charge is 0.478 e. The van der Waals surface area contributed by atoms with Crippen LogP contribution in [0.1, 0.15) is 21.7 Å². The lowest BCUT2D eigenvalue weighted by Crippen LogP contribution is -2.04. The lowest BCUT2D eigenvalue weighted by Gasteiger charge is -2.11. The van der Waals surface area contributed by atoms with Crippen LogP contribution < -0.4 is 5.32 Å². The Morgan fingerprint density at radius 3 is 2.60 bits per heavy atom. The van der Waals surface area contributed by atoms with E-state index >= 15 is 0 Å². The maximum atomic E-state index is 11.4. The van der Waals surface area contributed by atoms with Crippen molar-refractivity contribution in [1.82, 2.24) is 19.9 Å². The molecular formula is C17H14ClN5O2. The van der Waals surface area contributed by atoms with Crippen molar-refractivity contribution in [3.8, 4) is 11.1 Å². The third-order valence-electron chi connectivity index (χ3n) is 3.61. The quantitative estimate of drug-likeness (QED) is 0.689. The summed E-state index contributed by atoms with van der Waals surface area (Å²) in [6.07, 6.45) is 4.83. The molecule has 7 nitrogen and oxygen atoms in total. The monoisotopic (exact) mass is 355 g/mol. The van der Waals surface area contributed by atoms with Gasteiger partial charge in [0.05, 0.1) is 0 Å². The molecular weight excluding hydrogens is 342 g/mol. The standard InChI is InChI=1S/C17H14ClN5O2/c1-9-12(8-21-16(18)15(9)17(24)25)11-3-5-20-14(7-11)23-13-4-6-19-10(2)22-13/h3-8H,1-2H3,(H,24,25)(H,19,20,22,23). The predicted molar refractivity (Wildman–Crippen MR) is 94.2 cm³/mol. The Bertz CT molecular complexity index is 962. The zero-order chi connectivity index (χ0) is 18.0. The van der Waals surface area contributed by atoms with Gasteiger partial charge in [0, 0.05) is 24.2 Å². The predicted octanol–water partition coefficient (Wildman–Crippen LogP) is 3.65. The first-order valence-electron chi connectivity index (χ1n) is 7.37. The van der Waals surface area contributed by atoms with E-state index in [1.807, 2.05) is 0 Å². The number of halogens is 1. The van der Waals surface area contributed by atoms with Crippen molar-refractivity contribution in [2.24, 2.45) is 0 Å². The summed E-state index contributed by atoms with van der Waals surface area (Å²) in [6, 6.07) is 5.31. The van der Waals surface area contributed by atoms with Crippen molar-refractivity contribution in [2.75, 3.05) is 5.32 Å². The van der Waals surface area contributed by atoms with Gasteiger partial charge in [-0.05, 0) is 43.2 Å². The van der Waals surface area contributed by atoms with Gasteiger partial charge in [0.25, 0.3) is 0 Å². The molecule has 0 saturated carbocycles. The molecule has 0 bridgehead atoms. The van der Waals surface area contributed by atoms with Gasteiger partial charge in [-0.25, -0.2) is 24.7 Å². The third kappa shape index (κ3) is 3.56. The van der Waals surface area contributed by atoms with Gasteiger partial charge in [-0.15, -0.1) is 0 Å². The van der Waals surface area contributed by atoms with Crippen molar-refractivity contribution in [2.45, 2.75) is 13.8 Å². The zero-order valence-corrected chi connectivity index (χ0v) is 14.2. The summed E-state index contributed by atoms with van der Waals surface area (Å²) in [4.78, 5) is 28.0. The fourth-order valence-electron chi connectivity index (χ4n) is 2.44. The van der Waals surface area contributed by atoms with Gasteiger partial charge < -0.3 is 10.4 Å². The van der Waals surface area contributed by atoms with Crippen molar-refractivity contribution >= 4 is 29.2 Å². The average Bonchev–Trinajstić information content (AvgIpc) is 2.55. The molecule has 3 rings (SSSR count). The molecule has 0 aromatic carbocycles. The molecule has 0 unspecified atom stereocenters. The number of carbonyl (C=O) groups is 1. The van der Waals surface area contributed by atoms with E-state index in [4.69, 9.17) is 11.6 Å². The normalized spacial score (nSPS) is 10.5. The second kappa shape index (κ2) is 6.82. The number of aromatic carboxylic acids is 1. The van der Waals surface area contributed by atoms with Crippen LogP contribution in [0.25, 0.3) is 11.1 Å². The number of aromatic nitrogens is 4. The summed E-state index contributed by atoms with van der Waals surface area (Å²) in [5.41, 5.74) is 1.98. The van der Waals surface area contributed by atoms with Gasteiger partial charge in [-0.1, -0.05) is 11.6 Å². The second-order valence-electron chi connectivity index (χ2n) is 5.31. The van der Waals surface area contributed by atoms with E-state index < -0.39 is 5.97 Å². The van der Waals surface area contributed by atoms with E-state index in [0.29, 0.717) is 28.6 Å². The fraction of sp³-hybridized carbons (Fsp3) is 0.118. The van der Waals surface area contributed by atoms with Gasteiger partial charge in [0.15, 0.2) is 0 Å². The molecule has 0 aliphatic rings. The summed E-state index contributed by atoms with van der Waals surface area (Å²) in [7, 11) is 0. The van der Waals surface area contributed by atoms with E-state index in [0.717, 1.165) is 5.56 Å². The molecule has 0 aliphatic heterocycles. The summed E-state index contributed by atoms with van der Waals surface area (Å²) >= 11 is 5.91. The first kappa shape index (κ1) is 16.8. The number of hydrogen-bond acceptors (Lipinski definition) is 6. The second-order valence-corrected chi connectivity index (χ2v) is 5.67. The minimum atomic E-state index is -1.11. The van der Waals surface area contributed by atoms with E-state index in [2.05, 4.69) is 25.3 Å². The summed E-state index contributed by atoms with van der Waals surface area (Å²) in [5, 5.41) is 12.4. The number of nitrogens with zero attached hydrogens (tertiary/aromatic N) is 4. The van der Waals surface area contributed by atoms with Gasteiger partial charge in [-0.3, -0.25) is 0 Å². The molecule has 0 aliphatic carbocycles. The lowest BCUT2D eigenvalue weighted by atomic mass is 10.00. The Balaban J connectivity index is 2.00. The molecule has 126 valence electrons. The highest BCUT2D eigenvalue weighted by atomic mass is 35.5. The molecule has 0 saturated heterocycles. The minimum absolute atomic E-state index is 0.00286. The highest BCUT2D eigenvalue weighted by molar-refractivity contribution is 6.32.